The second-order valence-corrected chi connectivity index (χ2v) is 4.42. The standard InChI is InChI=1S/C14H21NO4/c1-3-4-5-11(14(17)18)15-9-10-6-7-13(19-2)12(16)8-10/h6-8,11,15-16H,3-5,9H2,1-2H3,(H,17,18)/t11-/m0/s1. The molecule has 1 aromatic rings. The van der Waals surface area contributed by atoms with E-state index in [1.807, 2.05) is 6.92 Å². The molecular weight excluding hydrogens is 246 g/mol. The van der Waals surface area contributed by atoms with E-state index in [0.717, 1.165) is 18.4 Å². The number of phenols is 1. The Bertz CT molecular complexity index is 420. The number of hydrogen-bond acceptors (Lipinski definition) is 4. The Morgan fingerprint density at radius 1 is 1.47 bits per heavy atom. The summed E-state index contributed by atoms with van der Waals surface area (Å²) in [7, 11) is 1.48. The third kappa shape index (κ3) is 4.79. The zero-order valence-corrected chi connectivity index (χ0v) is 11.3. The molecule has 3 N–H and O–H groups in total. The van der Waals surface area contributed by atoms with Gasteiger partial charge in [0.1, 0.15) is 6.04 Å². The highest BCUT2D eigenvalue weighted by Gasteiger charge is 2.15. The summed E-state index contributed by atoms with van der Waals surface area (Å²) in [6.45, 7) is 2.43. The highest BCUT2D eigenvalue weighted by molar-refractivity contribution is 5.73. The van der Waals surface area contributed by atoms with Crippen LogP contribution in [0.2, 0.25) is 0 Å². The van der Waals surface area contributed by atoms with E-state index in [4.69, 9.17) is 9.84 Å². The van der Waals surface area contributed by atoms with Crippen LogP contribution < -0.4 is 10.1 Å². The molecule has 0 radical (unpaired) electrons. The van der Waals surface area contributed by atoms with Crippen LogP contribution in [0.5, 0.6) is 11.5 Å². The molecule has 0 aromatic heterocycles. The van der Waals surface area contributed by atoms with E-state index >= 15 is 0 Å². The van der Waals surface area contributed by atoms with Crippen molar-refractivity contribution in [2.45, 2.75) is 38.8 Å². The van der Waals surface area contributed by atoms with Crippen molar-refractivity contribution < 1.29 is 19.7 Å². The van der Waals surface area contributed by atoms with Crippen LogP contribution >= 0.6 is 0 Å². The minimum absolute atomic E-state index is 0.0576. The summed E-state index contributed by atoms with van der Waals surface area (Å²) in [6, 6.07) is 4.48. The van der Waals surface area contributed by atoms with Crippen LogP contribution in [0.1, 0.15) is 31.7 Å². The molecule has 0 aliphatic carbocycles. The summed E-state index contributed by atoms with van der Waals surface area (Å²) in [4.78, 5) is 11.1. The predicted molar refractivity (Wildman–Crippen MR) is 72.4 cm³/mol. The van der Waals surface area contributed by atoms with Gasteiger partial charge in [-0.15, -0.1) is 0 Å². The molecule has 0 aliphatic heterocycles. The molecule has 0 saturated heterocycles. The fourth-order valence-corrected chi connectivity index (χ4v) is 1.81. The zero-order chi connectivity index (χ0) is 14.3. The number of carboxylic acids is 1. The molecular formula is C14H21NO4. The molecule has 5 heteroatoms. The number of carbonyl (C=O) groups is 1. The molecule has 0 spiro atoms. The van der Waals surface area contributed by atoms with Crippen LogP contribution in [0.15, 0.2) is 18.2 Å². The quantitative estimate of drug-likeness (QED) is 0.672. The Balaban J connectivity index is 2.58. The Morgan fingerprint density at radius 3 is 2.74 bits per heavy atom. The van der Waals surface area contributed by atoms with Crippen molar-refractivity contribution in [3.05, 3.63) is 23.8 Å². The van der Waals surface area contributed by atoms with Crippen LogP contribution in [-0.2, 0) is 11.3 Å². The van der Waals surface area contributed by atoms with Crippen molar-refractivity contribution in [1.82, 2.24) is 5.32 Å². The summed E-state index contributed by atoms with van der Waals surface area (Å²) >= 11 is 0. The lowest BCUT2D eigenvalue weighted by atomic mass is 10.1. The van der Waals surface area contributed by atoms with Gasteiger partial charge < -0.3 is 20.3 Å². The fraction of sp³-hybridized carbons (Fsp3) is 0.500. The highest BCUT2D eigenvalue weighted by Crippen LogP contribution is 2.26. The van der Waals surface area contributed by atoms with E-state index in [1.54, 1.807) is 18.2 Å². The number of phenolic OH excluding ortho intramolecular Hbond substituents is 1. The first-order valence-corrected chi connectivity index (χ1v) is 6.40. The third-order valence-corrected chi connectivity index (χ3v) is 2.94. The van der Waals surface area contributed by atoms with Gasteiger partial charge in [0.15, 0.2) is 11.5 Å². The molecule has 0 bridgehead atoms. The van der Waals surface area contributed by atoms with Crippen molar-refractivity contribution in [2.75, 3.05) is 7.11 Å². The normalized spacial score (nSPS) is 12.1. The summed E-state index contributed by atoms with van der Waals surface area (Å²) in [5, 5.41) is 21.7. The lowest BCUT2D eigenvalue weighted by Crippen LogP contribution is -2.36. The molecule has 1 atom stereocenters. The van der Waals surface area contributed by atoms with Gasteiger partial charge in [-0.05, 0) is 24.1 Å². The Hall–Kier alpha value is -1.75. The van der Waals surface area contributed by atoms with Crippen LogP contribution in [0, 0.1) is 0 Å². The molecule has 0 saturated carbocycles. The molecule has 0 aliphatic rings. The lowest BCUT2D eigenvalue weighted by Gasteiger charge is -2.14. The fourth-order valence-electron chi connectivity index (χ4n) is 1.81. The number of unbranched alkanes of at least 4 members (excludes halogenated alkanes) is 1. The number of aromatic hydroxyl groups is 1. The molecule has 0 unspecified atom stereocenters. The first-order valence-electron chi connectivity index (χ1n) is 6.40. The van der Waals surface area contributed by atoms with Gasteiger partial charge in [-0.1, -0.05) is 25.8 Å². The van der Waals surface area contributed by atoms with Gasteiger partial charge in [-0.2, -0.15) is 0 Å². The molecule has 0 heterocycles. The average Bonchev–Trinajstić information content (AvgIpc) is 2.38. The van der Waals surface area contributed by atoms with Gasteiger partial charge in [0.2, 0.25) is 0 Å². The van der Waals surface area contributed by atoms with Crippen LogP contribution in [-0.4, -0.2) is 29.3 Å². The maximum Gasteiger partial charge on any atom is 0.320 e. The zero-order valence-electron chi connectivity index (χ0n) is 11.3. The summed E-state index contributed by atoms with van der Waals surface area (Å²) in [6.07, 6.45) is 2.45. The van der Waals surface area contributed by atoms with Crippen molar-refractivity contribution in [2.24, 2.45) is 0 Å². The number of ether oxygens (including phenoxy) is 1. The molecule has 19 heavy (non-hydrogen) atoms. The van der Waals surface area contributed by atoms with Crippen LogP contribution in [0.25, 0.3) is 0 Å². The number of hydrogen-bond donors (Lipinski definition) is 3. The second kappa shape index (κ2) is 7.63. The number of aliphatic carboxylic acids is 1. The predicted octanol–water partition coefficient (Wildman–Crippen LogP) is 2.13. The summed E-state index contributed by atoms with van der Waals surface area (Å²) in [5.41, 5.74) is 0.820. The van der Waals surface area contributed by atoms with Crippen molar-refractivity contribution in [3.63, 3.8) is 0 Å². The van der Waals surface area contributed by atoms with Gasteiger partial charge in [0, 0.05) is 6.54 Å². The molecule has 0 fully saturated rings. The average molecular weight is 267 g/mol. The Morgan fingerprint density at radius 2 is 2.21 bits per heavy atom. The van der Waals surface area contributed by atoms with Gasteiger partial charge in [0.05, 0.1) is 7.11 Å². The Labute approximate surface area is 113 Å². The highest BCUT2D eigenvalue weighted by atomic mass is 16.5. The van der Waals surface area contributed by atoms with Gasteiger partial charge in [-0.3, -0.25) is 4.79 Å². The summed E-state index contributed by atoms with van der Waals surface area (Å²) in [5.74, 6) is -0.377. The van der Waals surface area contributed by atoms with E-state index < -0.39 is 12.0 Å². The molecule has 1 aromatic carbocycles. The van der Waals surface area contributed by atoms with Crippen molar-refractivity contribution >= 4 is 5.97 Å². The molecule has 5 nitrogen and oxygen atoms in total. The third-order valence-electron chi connectivity index (χ3n) is 2.94. The second-order valence-electron chi connectivity index (χ2n) is 4.42. The number of methoxy groups -OCH3 is 1. The maximum absolute atomic E-state index is 11.1. The Kier molecular flexibility index (Phi) is 6.15. The number of carboxylic acid groups (broad SMARTS) is 1. The molecule has 106 valence electrons. The first kappa shape index (κ1) is 15.3. The van der Waals surface area contributed by atoms with Crippen molar-refractivity contribution in [3.8, 4) is 11.5 Å². The van der Waals surface area contributed by atoms with E-state index in [-0.39, 0.29) is 5.75 Å². The SMILES string of the molecule is CCCC[C@H](NCc1ccc(OC)c(O)c1)C(=O)O. The minimum atomic E-state index is -0.841. The maximum atomic E-state index is 11.1. The van der Waals surface area contributed by atoms with Crippen LogP contribution in [0.4, 0.5) is 0 Å². The van der Waals surface area contributed by atoms with E-state index in [1.165, 1.54) is 7.11 Å². The monoisotopic (exact) mass is 267 g/mol. The number of benzene rings is 1. The van der Waals surface area contributed by atoms with Crippen molar-refractivity contribution in [1.29, 1.82) is 0 Å². The lowest BCUT2D eigenvalue weighted by molar-refractivity contribution is -0.139. The number of nitrogens with one attached hydrogen (secondary N) is 1. The van der Waals surface area contributed by atoms with Crippen LogP contribution in [0.3, 0.4) is 0 Å². The van der Waals surface area contributed by atoms with Gasteiger partial charge >= 0.3 is 5.97 Å². The van der Waals surface area contributed by atoms with Gasteiger partial charge in [0.25, 0.3) is 0 Å². The van der Waals surface area contributed by atoms with Gasteiger partial charge in [-0.25, -0.2) is 0 Å². The molecule has 0 amide bonds. The van der Waals surface area contributed by atoms with E-state index in [0.29, 0.717) is 18.7 Å². The topological polar surface area (TPSA) is 78.8 Å². The minimum Gasteiger partial charge on any atom is -0.504 e. The summed E-state index contributed by atoms with van der Waals surface area (Å²) < 4.78 is 4.95. The van der Waals surface area contributed by atoms with E-state index in [2.05, 4.69) is 5.32 Å². The largest absolute Gasteiger partial charge is 0.504 e. The number of rotatable bonds is 8. The van der Waals surface area contributed by atoms with E-state index in [9.17, 15) is 9.90 Å². The smallest absolute Gasteiger partial charge is 0.320 e. The first-order chi connectivity index (χ1) is 9.08. The molecule has 1 rings (SSSR count).